The van der Waals surface area contributed by atoms with Gasteiger partial charge in [0.05, 0.1) is 12.1 Å². The van der Waals surface area contributed by atoms with Crippen LogP contribution in [-0.4, -0.2) is 26.8 Å². The molecule has 1 saturated carbocycles. The van der Waals surface area contributed by atoms with Gasteiger partial charge in [-0.3, -0.25) is 0 Å². The molecule has 5 heteroatoms. The maximum Gasteiger partial charge on any atom is 0.168 e. The van der Waals surface area contributed by atoms with Crippen LogP contribution in [0.4, 0.5) is 0 Å². The van der Waals surface area contributed by atoms with Gasteiger partial charge in [0.2, 0.25) is 0 Å². The zero-order valence-corrected chi connectivity index (χ0v) is 8.19. The number of aromatic nitrogens is 4. The lowest BCUT2D eigenvalue weighted by molar-refractivity contribution is 0.379. The summed E-state index contributed by atoms with van der Waals surface area (Å²) in [5, 5.41) is 15.5. The van der Waals surface area contributed by atoms with Crippen LogP contribution >= 0.6 is 0 Å². The van der Waals surface area contributed by atoms with Crippen molar-refractivity contribution < 1.29 is 0 Å². The maximum atomic E-state index is 4.14. The van der Waals surface area contributed by atoms with Crippen LogP contribution in [0.15, 0.2) is 0 Å². The summed E-state index contributed by atoms with van der Waals surface area (Å²) in [5.41, 5.74) is 0. The Morgan fingerprint density at radius 3 is 2.86 bits per heavy atom. The number of tetrazole rings is 1. The average Bonchev–Trinajstić information content (AvgIpc) is 2.98. The Balaban J connectivity index is 1.82. The largest absolute Gasteiger partial charge is 0.307 e. The number of hydrogen-bond acceptors (Lipinski definition) is 4. The lowest BCUT2D eigenvalue weighted by Gasteiger charge is -2.22. The van der Waals surface area contributed by atoms with Crippen LogP contribution < -0.4 is 5.32 Å². The minimum absolute atomic E-state index is 0.388. The second-order valence-corrected chi connectivity index (χ2v) is 4.22. The van der Waals surface area contributed by atoms with Crippen LogP contribution in [-0.2, 0) is 0 Å². The second kappa shape index (κ2) is 3.31. The van der Waals surface area contributed by atoms with E-state index in [0.29, 0.717) is 12.1 Å². The molecule has 0 bridgehead atoms. The van der Waals surface area contributed by atoms with Crippen molar-refractivity contribution in [2.75, 3.05) is 6.54 Å². The van der Waals surface area contributed by atoms with E-state index in [1.807, 2.05) is 4.68 Å². The SMILES string of the molecule is C1CCC(c2nnnn2C2CC2)NC1. The summed E-state index contributed by atoms with van der Waals surface area (Å²) < 4.78 is 2.02. The number of rotatable bonds is 2. The van der Waals surface area contributed by atoms with Gasteiger partial charge in [-0.2, -0.15) is 0 Å². The highest BCUT2D eigenvalue weighted by molar-refractivity contribution is 4.98. The first-order chi connectivity index (χ1) is 6.95. The molecule has 1 unspecified atom stereocenters. The van der Waals surface area contributed by atoms with Gasteiger partial charge in [-0.25, -0.2) is 4.68 Å². The quantitative estimate of drug-likeness (QED) is 0.755. The summed E-state index contributed by atoms with van der Waals surface area (Å²) in [7, 11) is 0. The molecule has 0 spiro atoms. The van der Waals surface area contributed by atoms with Crippen LogP contribution in [0, 0.1) is 0 Å². The molecular formula is C9H15N5. The van der Waals surface area contributed by atoms with E-state index < -0.39 is 0 Å². The van der Waals surface area contributed by atoms with E-state index in [4.69, 9.17) is 0 Å². The highest BCUT2D eigenvalue weighted by Crippen LogP contribution is 2.36. The first-order valence-corrected chi connectivity index (χ1v) is 5.46. The first-order valence-electron chi connectivity index (χ1n) is 5.46. The van der Waals surface area contributed by atoms with Gasteiger partial charge in [-0.1, -0.05) is 6.42 Å². The van der Waals surface area contributed by atoms with E-state index in [1.54, 1.807) is 0 Å². The topological polar surface area (TPSA) is 55.6 Å². The lowest BCUT2D eigenvalue weighted by Crippen LogP contribution is -2.29. The Bertz CT molecular complexity index is 311. The number of nitrogens with one attached hydrogen (secondary N) is 1. The number of nitrogens with zero attached hydrogens (tertiary/aromatic N) is 4. The van der Waals surface area contributed by atoms with Gasteiger partial charge < -0.3 is 5.32 Å². The van der Waals surface area contributed by atoms with Gasteiger partial charge >= 0.3 is 0 Å². The van der Waals surface area contributed by atoms with Gasteiger partial charge in [0.15, 0.2) is 5.82 Å². The predicted octanol–water partition coefficient (Wildman–Crippen LogP) is 0.823. The smallest absolute Gasteiger partial charge is 0.168 e. The Kier molecular flexibility index (Phi) is 1.97. The number of hydrogen-bond donors (Lipinski definition) is 1. The zero-order valence-electron chi connectivity index (χ0n) is 8.19. The minimum atomic E-state index is 0.388. The molecule has 2 heterocycles. The van der Waals surface area contributed by atoms with Crippen molar-refractivity contribution >= 4 is 0 Å². The molecule has 14 heavy (non-hydrogen) atoms. The van der Waals surface area contributed by atoms with E-state index in [1.165, 1.54) is 32.1 Å². The summed E-state index contributed by atoms with van der Waals surface area (Å²) in [6.07, 6.45) is 6.22. The van der Waals surface area contributed by atoms with E-state index in [2.05, 4.69) is 20.8 Å². The fourth-order valence-electron chi connectivity index (χ4n) is 2.08. The van der Waals surface area contributed by atoms with Crippen molar-refractivity contribution in [3.05, 3.63) is 5.82 Å². The fourth-order valence-corrected chi connectivity index (χ4v) is 2.08. The molecule has 5 nitrogen and oxygen atoms in total. The maximum absolute atomic E-state index is 4.14. The predicted molar refractivity (Wildman–Crippen MR) is 50.7 cm³/mol. The molecule has 2 fully saturated rings. The van der Waals surface area contributed by atoms with Crippen molar-refractivity contribution in [2.45, 2.75) is 44.2 Å². The highest BCUT2D eigenvalue weighted by Gasteiger charge is 2.30. The van der Waals surface area contributed by atoms with Crippen molar-refractivity contribution in [2.24, 2.45) is 0 Å². The molecule has 1 aromatic heterocycles. The molecule has 1 N–H and O–H groups in total. The molecule has 0 radical (unpaired) electrons. The van der Waals surface area contributed by atoms with Gasteiger partial charge in [0.1, 0.15) is 0 Å². The summed E-state index contributed by atoms with van der Waals surface area (Å²) in [5.74, 6) is 1.05. The third-order valence-electron chi connectivity index (χ3n) is 3.03. The molecule has 1 aromatic rings. The van der Waals surface area contributed by atoms with Crippen molar-refractivity contribution in [3.8, 4) is 0 Å². The van der Waals surface area contributed by atoms with Crippen LogP contribution in [0.2, 0.25) is 0 Å². The van der Waals surface area contributed by atoms with E-state index in [-0.39, 0.29) is 0 Å². The van der Waals surface area contributed by atoms with E-state index in [9.17, 15) is 0 Å². The Hall–Kier alpha value is -0.970. The van der Waals surface area contributed by atoms with Gasteiger partial charge in [-0.05, 0) is 42.7 Å². The highest BCUT2D eigenvalue weighted by atomic mass is 15.6. The molecule has 1 aliphatic heterocycles. The standard InChI is InChI=1S/C9H15N5/c1-2-6-10-8(3-1)9-11-12-13-14(9)7-4-5-7/h7-8,10H,1-6H2. The molecule has 0 aromatic carbocycles. The molecule has 1 aliphatic carbocycles. The normalized spacial score (nSPS) is 27.9. The summed E-state index contributed by atoms with van der Waals surface area (Å²) >= 11 is 0. The molecular weight excluding hydrogens is 178 g/mol. The lowest BCUT2D eigenvalue weighted by atomic mass is 10.0. The van der Waals surface area contributed by atoms with Gasteiger partial charge in [0.25, 0.3) is 0 Å². The molecule has 0 amide bonds. The Morgan fingerprint density at radius 2 is 2.14 bits per heavy atom. The molecule has 1 atom stereocenters. The van der Waals surface area contributed by atoms with Gasteiger partial charge in [-0.15, -0.1) is 5.10 Å². The second-order valence-electron chi connectivity index (χ2n) is 4.22. The molecule has 1 saturated heterocycles. The minimum Gasteiger partial charge on any atom is -0.307 e. The van der Waals surface area contributed by atoms with Crippen molar-refractivity contribution in [3.63, 3.8) is 0 Å². The first kappa shape index (κ1) is 8.35. The Morgan fingerprint density at radius 1 is 1.21 bits per heavy atom. The number of piperidine rings is 1. The zero-order chi connectivity index (χ0) is 9.38. The van der Waals surface area contributed by atoms with Crippen molar-refractivity contribution in [1.82, 2.24) is 25.5 Å². The fraction of sp³-hybridized carbons (Fsp3) is 0.889. The summed E-state index contributed by atoms with van der Waals surface area (Å²) in [6, 6.07) is 0.975. The monoisotopic (exact) mass is 193 g/mol. The summed E-state index contributed by atoms with van der Waals surface area (Å²) in [6.45, 7) is 1.10. The average molecular weight is 193 g/mol. The van der Waals surface area contributed by atoms with Crippen LogP contribution in [0.3, 0.4) is 0 Å². The van der Waals surface area contributed by atoms with Crippen LogP contribution in [0.1, 0.15) is 50.0 Å². The Labute approximate surface area is 82.9 Å². The van der Waals surface area contributed by atoms with Crippen molar-refractivity contribution in [1.29, 1.82) is 0 Å². The summed E-state index contributed by atoms with van der Waals surface area (Å²) in [4.78, 5) is 0. The van der Waals surface area contributed by atoms with Gasteiger partial charge in [0, 0.05) is 0 Å². The third-order valence-corrected chi connectivity index (χ3v) is 3.03. The van der Waals surface area contributed by atoms with Crippen LogP contribution in [0.5, 0.6) is 0 Å². The molecule has 3 rings (SSSR count). The van der Waals surface area contributed by atoms with E-state index in [0.717, 1.165) is 12.4 Å². The van der Waals surface area contributed by atoms with Crippen LogP contribution in [0.25, 0.3) is 0 Å². The molecule has 76 valence electrons. The third kappa shape index (κ3) is 1.41. The molecule has 2 aliphatic rings. The van der Waals surface area contributed by atoms with E-state index >= 15 is 0 Å².